The molecule has 2 heterocycles. The summed E-state index contributed by atoms with van der Waals surface area (Å²) in [6.45, 7) is 8.46. The number of thioether (sulfide) groups is 1. The van der Waals surface area contributed by atoms with Crippen molar-refractivity contribution in [1.29, 1.82) is 0 Å². The SMILES string of the molecule is CC(C)(C)OC(=O)NCC(Nc1ccc(Cl)c(SCc2ccccc2)c1)c1nc(N2CCOCC2)n[nH]1. The van der Waals surface area contributed by atoms with E-state index in [0.29, 0.717) is 30.0 Å². The van der Waals surface area contributed by atoms with E-state index < -0.39 is 11.7 Å². The van der Waals surface area contributed by atoms with Gasteiger partial charge in [0.05, 0.1) is 18.2 Å². The Kier molecular flexibility index (Phi) is 9.18. The van der Waals surface area contributed by atoms with Gasteiger partial charge in [-0.15, -0.1) is 16.9 Å². The van der Waals surface area contributed by atoms with E-state index >= 15 is 0 Å². The van der Waals surface area contributed by atoms with E-state index in [0.717, 1.165) is 29.4 Å². The topological polar surface area (TPSA) is 104 Å². The fraction of sp³-hybridized carbons (Fsp3) is 0.423. The smallest absolute Gasteiger partial charge is 0.407 e. The molecule has 0 bridgehead atoms. The van der Waals surface area contributed by atoms with Gasteiger partial charge in [-0.25, -0.2) is 4.79 Å². The van der Waals surface area contributed by atoms with Crippen LogP contribution < -0.4 is 15.5 Å². The highest BCUT2D eigenvalue weighted by Crippen LogP contribution is 2.33. The molecule has 4 rings (SSSR count). The van der Waals surface area contributed by atoms with Crippen molar-refractivity contribution in [2.75, 3.05) is 43.1 Å². The zero-order valence-corrected chi connectivity index (χ0v) is 22.9. The summed E-state index contributed by atoms with van der Waals surface area (Å²) >= 11 is 8.17. The van der Waals surface area contributed by atoms with Gasteiger partial charge in [0.25, 0.3) is 0 Å². The lowest BCUT2D eigenvalue weighted by Gasteiger charge is -2.25. The van der Waals surface area contributed by atoms with E-state index in [2.05, 4.69) is 37.9 Å². The molecule has 0 radical (unpaired) electrons. The molecule has 11 heteroatoms. The number of halogens is 1. The van der Waals surface area contributed by atoms with Crippen LogP contribution in [-0.4, -0.2) is 59.7 Å². The molecule has 3 N–H and O–H groups in total. The fourth-order valence-electron chi connectivity index (χ4n) is 3.68. The van der Waals surface area contributed by atoms with Gasteiger partial charge >= 0.3 is 6.09 Å². The Bertz CT molecular complexity index is 1160. The molecule has 0 aliphatic carbocycles. The van der Waals surface area contributed by atoms with Gasteiger partial charge < -0.3 is 25.0 Å². The Morgan fingerprint density at radius 2 is 1.97 bits per heavy atom. The van der Waals surface area contributed by atoms with Crippen molar-refractivity contribution in [3.63, 3.8) is 0 Å². The number of rotatable bonds is 9. The molecule has 37 heavy (non-hydrogen) atoms. The molecular formula is C26H33ClN6O3S. The number of anilines is 2. The number of benzene rings is 2. The monoisotopic (exact) mass is 544 g/mol. The second kappa shape index (κ2) is 12.5. The Balaban J connectivity index is 1.49. The maximum atomic E-state index is 12.4. The molecule has 3 aromatic rings. The van der Waals surface area contributed by atoms with Crippen LogP contribution in [0.3, 0.4) is 0 Å². The van der Waals surface area contributed by atoms with Gasteiger partial charge in [0.1, 0.15) is 11.6 Å². The standard InChI is InChI=1S/C26H33ClN6O3S/c1-26(2,3)36-25(34)28-16-21(23-30-24(32-31-23)33-11-13-35-14-12-33)29-19-9-10-20(27)22(15-19)37-17-18-7-5-4-6-8-18/h4-10,15,21,29H,11-14,16-17H2,1-3H3,(H,28,34)(H,30,31,32). The zero-order valence-electron chi connectivity index (χ0n) is 21.3. The largest absolute Gasteiger partial charge is 0.444 e. The van der Waals surface area contributed by atoms with Gasteiger partial charge in [-0.2, -0.15) is 4.98 Å². The third-order valence-electron chi connectivity index (χ3n) is 5.47. The summed E-state index contributed by atoms with van der Waals surface area (Å²) in [5, 5.41) is 14.5. The molecule has 1 saturated heterocycles. The van der Waals surface area contributed by atoms with Crippen LogP contribution in [0.5, 0.6) is 0 Å². The minimum atomic E-state index is -0.593. The summed E-state index contributed by atoms with van der Waals surface area (Å²) in [4.78, 5) is 20.1. The van der Waals surface area contributed by atoms with Crippen molar-refractivity contribution in [1.82, 2.24) is 20.5 Å². The molecule has 0 saturated carbocycles. The first-order valence-corrected chi connectivity index (χ1v) is 13.6. The van der Waals surface area contributed by atoms with Crippen LogP contribution in [0.4, 0.5) is 16.4 Å². The van der Waals surface area contributed by atoms with E-state index in [1.54, 1.807) is 11.8 Å². The quantitative estimate of drug-likeness (QED) is 0.313. The van der Waals surface area contributed by atoms with Crippen molar-refractivity contribution >= 4 is 41.1 Å². The first-order chi connectivity index (χ1) is 17.8. The number of hydrogen-bond acceptors (Lipinski definition) is 8. The number of aromatic amines is 1. The van der Waals surface area contributed by atoms with E-state index in [1.165, 1.54) is 5.56 Å². The van der Waals surface area contributed by atoms with Crippen molar-refractivity contribution in [3.05, 3.63) is 64.9 Å². The normalized spacial score (nSPS) is 14.8. The van der Waals surface area contributed by atoms with Crippen molar-refractivity contribution in [2.24, 2.45) is 0 Å². The van der Waals surface area contributed by atoms with Crippen LogP contribution >= 0.6 is 23.4 Å². The van der Waals surface area contributed by atoms with Crippen LogP contribution in [0.1, 0.15) is 38.2 Å². The van der Waals surface area contributed by atoms with Gasteiger partial charge in [-0.3, -0.25) is 5.10 Å². The van der Waals surface area contributed by atoms with Gasteiger partial charge in [-0.1, -0.05) is 41.9 Å². The van der Waals surface area contributed by atoms with Crippen LogP contribution in [0.2, 0.25) is 5.02 Å². The number of aromatic nitrogens is 3. The summed E-state index contributed by atoms with van der Waals surface area (Å²) < 4.78 is 10.9. The highest BCUT2D eigenvalue weighted by molar-refractivity contribution is 7.98. The number of nitrogens with zero attached hydrogens (tertiary/aromatic N) is 3. The molecule has 1 aliphatic rings. The number of morpholine rings is 1. The fourth-order valence-corrected chi connectivity index (χ4v) is 4.89. The molecule has 2 aromatic carbocycles. The molecule has 1 fully saturated rings. The zero-order chi connectivity index (χ0) is 26.3. The molecule has 1 atom stereocenters. The molecule has 1 amide bonds. The molecule has 1 unspecified atom stereocenters. The number of carbonyl (C=O) groups excluding carboxylic acids is 1. The number of nitrogens with one attached hydrogen (secondary N) is 3. The Hall–Kier alpha value is -2.95. The number of H-pyrrole nitrogens is 1. The summed E-state index contributed by atoms with van der Waals surface area (Å²) in [7, 11) is 0. The molecule has 0 spiro atoms. The van der Waals surface area contributed by atoms with E-state index in [-0.39, 0.29) is 12.6 Å². The highest BCUT2D eigenvalue weighted by atomic mass is 35.5. The molecule has 9 nitrogen and oxygen atoms in total. The number of alkyl carbamates (subject to hydrolysis) is 1. The van der Waals surface area contributed by atoms with Gasteiger partial charge in [0.2, 0.25) is 5.95 Å². The third kappa shape index (κ3) is 8.28. The van der Waals surface area contributed by atoms with Gasteiger partial charge in [-0.05, 0) is 44.5 Å². The maximum absolute atomic E-state index is 12.4. The van der Waals surface area contributed by atoms with Crippen LogP contribution in [0, 0.1) is 0 Å². The first kappa shape index (κ1) is 27.1. The molecular weight excluding hydrogens is 512 g/mol. The minimum absolute atomic E-state index is 0.238. The number of hydrogen-bond donors (Lipinski definition) is 3. The first-order valence-electron chi connectivity index (χ1n) is 12.2. The van der Waals surface area contributed by atoms with Crippen LogP contribution in [-0.2, 0) is 15.2 Å². The van der Waals surface area contributed by atoms with Gasteiger partial charge in [0.15, 0.2) is 5.82 Å². The molecule has 1 aromatic heterocycles. The summed E-state index contributed by atoms with van der Waals surface area (Å²) in [6.07, 6.45) is -0.498. The van der Waals surface area contributed by atoms with Crippen molar-refractivity contribution in [3.8, 4) is 0 Å². The van der Waals surface area contributed by atoms with Crippen molar-refractivity contribution < 1.29 is 14.3 Å². The van der Waals surface area contributed by atoms with E-state index in [4.69, 9.17) is 26.1 Å². The van der Waals surface area contributed by atoms with Crippen LogP contribution in [0.15, 0.2) is 53.4 Å². The summed E-state index contributed by atoms with van der Waals surface area (Å²) in [5.41, 5.74) is 1.48. The lowest BCUT2D eigenvalue weighted by molar-refractivity contribution is 0.0525. The summed E-state index contributed by atoms with van der Waals surface area (Å²) in [6, 6.07) is 15.7. The highest BCUT2D eigenvalue weighted by Gasteiger charge is 2.23. The molecule has 198 valence electrons. The minimum Gasteiger partial charge on any atom is -0.444 e. The van der Waals surface area contributed by atoms with Crippen LogP contribution in [0.25, 0.3) is 0 Å². The number of ether oxygens (including phenoxy) is 2. The second-order valence-corrected chi connectivity index (χ2v) is 11.0. The Labute approximate surface area is 226 Å². The predicted molar refractivity (Wildman–Crippen MR) is 147 cm³/mol. The predicted octanol–water partition coefficient (Wildman–Crippen LogP) is 5.26. The van der Waals surface area contributed by atoms with Crippen molar-refractivity contribution in [2.45, 2.75) is 43.1 Å². The Morgan fingerprint density at radius 3 is 2.70 bits per heavy atom. The van der Waals surface area contributed by atoms with E-state index in [9.17, 15) is 4.79 Å². The average Bonchev–Trinajstić information content (AvgIpc) is 3.37. The average molecular weight is 545 g/mol. The summed E-state index contributed by atoms with van der Waals surface area (Å²) in [5.74, 6) is 2.02. The Morgan fingerprint density at radius 1 is 1.22 bits per heavy atom. The lowest BCUT2D eigenvalue weighted by Crippen LogP contribution is -2.37. The third-order valence-corrected chi connectivity index (χ3v) is 7.04. The molecule has 1 aliphatic heterocycles. The van der Waals surface area contributed by atoms with E-state index in [1.807, 2.05) is 57.2 Å². The van der Waals surface area contributed by atoms with Gasteiger partial charge in [0, 0.05) is 36.0 Å². The number of amides is 1. The maximum Gasteiger partial charge on any atom is 0.407 e. The second-order valence-electron chi connectivity index (χ2n) is 9.62. The number of carbonyl (C=O) groups is 1. The lowest BCUT2D eigenvalue weighted by atomic mass is 10.2.